The molecule has 0 aromatic heterocycles. The predicted octanol–water partition coefficient (Wildman–Crippen LogP) is 2.12. The molecule has 1 atom stereocenters. The second-order valence-electron chi connectivity index (χ2n) is 6.46. The van der Waals surface area contributed by atoms with Gasteiger partial charge in [0.25, 0.3) is 0 Å². The molecule has 0 amide bonds. The van der Waals surface area contributed by atoms with Crippen LogP contribution >= 0.6 is 0 Å². The van der Waals surface area contributed by atoms with Crippen molar-refractivity contribution in [2.75, 3.05) is 39.4 Å². The number of piperidine rings is 1. The third kappa shape index (κ3) is 5.68. The Morgan fingerprint density at radius 1 is 1.28 bits per heavy atom. The van der Waals surface area contributed by atoms with Gasteiger partial charge in [0.1, 0.15) is 0 Å². The standard InChI is InChI=1S/C15H30N2O/c1-13(2)12-18-9-8-17-7-3-4-14(11-17)10-16-15-5-6-15/h13-16H,3-12H2,1-2H3. The SMILES string of the molecule is CC(C)COCCN1CCCC(CNC2CC2)C1. The van der Waals surface area contributed by atoms with Gasteiger partial charge in [0.15, 0.2) is 0 Å². The quantitative estimate of drug-likeness (QED) is 0.672. The Morgan fingerprint density at radius 2 is 2.11 bits per heavy atom. The van der Waals surface area contributed by atoms with Crippen molar-refractivity contribution in [2.24, 2.45) is 11.8 Å². The summed E-state index contributed by atoms with van der Waals surface area (Å²) in [6, 6.07) is 0.856. The van der Waals surface area contributed by atoms with E-state index >= 15 is 0 Å². The van der Waals surface area contributed by atoms with Crippen LogP contribution in [0, 0.1) is 11.8 Å². The Morgan fingerprint density at radius 3 is 2.83 bits per heavy atom. The highest BCUT2D eigenvalue weighted by atomic mass is 16.5. The summed E-state index contributed by atoms with van der Waals surface area (Å²) in [5.41, 5.74) is 0. The zero-order valence-corrected chi connectivity index (χ0v) is 12.2. The lowest BCUT2D eigenvalue weighted by molar-refractivity contribution is 0.0710. The van der Waals surface area contributed by atoms with Gasteiger partial charge in [-0.1, -0.05) is 13.8 Å². The molecule has 106 valence electrons. The minimum Gasteiger partial charge on any atom is -0.380 e. The van der Waals surface area contributed by atoms with E-state index in [0.29, 0.717) is 5.92 Å². The van der Waals surface area contributed by atoms with E-state index in [4.69, 9.17) is 4.74 Å². The Balaban J connectivity index is 1.54. The highest BCUT2D eigenvalue weighted by Crippen LogP contribution is 2.21. The number of ether oxygens (including phenoxy) is 1. The van der Waals surface area contributed by atoms with Crippen molar-refractivity contribution in [3.8, 4) is 0 Å². The van der Waals surface area contributed by atoms with Crippen molar-refractivity contribution in [1.82, 2.24) is 10.2 Å². The molecule has 2 aliphatic rings. The van der Waals surface area contributed by atoms with Crippen LogP contribution in [0.1, 0.15) is 39.5 Å². The van der Waals surface area contributed by atoms with Gasteiger partial charge in [-0.15, -0.1) is 0 Å². The maximum Gasteiger partial charge on any atom is 0.0593 e. The molecule has 3 heteroatoms. The number of rotatable bonds is 8. The van der Waals surface area contributed by atoms with Gasteiger partial charge >= 0.3 is 0 Å². The molecule has 0 aromatic rings. The van der Waals surface area contributed by atoms with Crippen molar-refractivity contribution < 1.29 is 4.74 Å². The summed E-state index contributed by atoms with van der Waals surface area (Å²) in [6.45, 7) is 11.1. The minimum atomic E-state index is 0.654. The summed E-state index contributed by atoms with van der Waals surface area (Å²) in [5.74, 6) is 1.52. The van der Waals surface area contributed by atoms with Gasteiger partial charge in [0.05, 0.1) is 6.61 Å². The molecule has 1 aliphatic carbocycles. The average molecular weight is 254 g/mol. The molecule has 1 unspecified atom stereocenters. The summed E-state index contributed by atoms with van der Waals surface area (Å²) >= 11 is 0. The van der Waals surface area contributed by atoms with E-state index in [1.54, 1.807) is 0 Å². The number of hydrogen-bond donors (Lipinski definition) is 1. The van der Waals surface area contributed by atoms with E-state index in [2.05, 4.69) is 24.1 Å². The van der Waals surface area contributed by atoms with Crippen molar-refractivity contribution in [1.29, 1.82) is 0 Å². The first-order valence-electron chi connectivity index (χ1n) is 7.77. The van der Waals surface area contributed by atoms with Crippen molar-refractivity contribution >= 4 is 0 Å². The fraction of sp³-hybridized carbons (Fsp3) is 1.00. The topological polar surface area (TPSA) is 24.5 Å². The highest BCUT2D eigenvalue weighted by molar-refractivity contribution is 4.83. The maximum absolute atomic E-state index is 5.68. The molecule has 1 N–H and O–H groups in total. The molecule has 2 rings (SSSR count). The summed E-state index contributed by atoms with van der Waals surface area (Å²) in [6.07, 6.45) is 5.57. The molecule has 1 saturated heterocycles. The van der Waals surface area contributed by atoms with Crippen LogP contribution in [-0.2, 0) is 4.74 Å². The van der Waals surface area contributed by atoms with E-state index in [1.807, 2.05) is 0 Å². The van der Waals surface area contributed by atoms with E-state index in [1.165, 1.54) is 45.3 Å². The first-order chi connectivity index (χ1) is 8.74. The van der Waals surface area contributed by atoms with Crippen LogP contribution in [0.4, 0.5) is 0 Å². The number of likely N-dealkylation sites (tertiary alicyclic amines) is 1. The Labute approximate surface area is 112 Å². The lowest BCUT2D eigenvalue weighted by atomic mass is 9.98. The normalized spacial score (nSPS) is 25.8. The second-order valence-corrected chi connectivity index (χ2v) is 6.46. The molecular formula is C15H30N2O. The molecule has 0 radical (unpaired) electrons. The van der Waals surface area contributed by atoms with Crippen LogP contribution in [0.25, 0.3) is 0 Å². The van der Waals surface area contributed by atoms with E-state index in [-0.39, 0.29) is 0 Å². The minimum absolute atomic E-state index is 0.654. The molecular weight excluding hydrogens is 224 g/mol. The largest absolute Gasteiger partial charge is 0.380 e. The number of nitrogens with one attached hydrogen (secondary N) is 1. The first-order valence-corrected chi connectivity index (χ1v) is 7.77. The molecule has 18 heavy (non-hydrogen) atoms. The van der Waals surface area contributed by atoms with Gasteiger partial charge in [-0.25, -0.2) is 0 Å². The Hall–Kier alpha value is -0.120. The Kier molecular flexibility index (Phi) is 5.93. The molecule has 1 saturated carbocycles. The van der Waals surface area contributed by atoms with Gasteiger partial charge in [0, 0.05) is 25.7 Å². The van der Waals surface area contributed by atoms with Crippen LogP contribution in [0.5, 0.6) is 0 Å². The van der Waals surface area contributed by atoms with E-state index in [9.17, 15) is 0 Å². The molecule has 0 spiro atoms. The Bertz CT molecular complexity index is 229. The van der Waals surface area contributed by atoms with Crippen LogP contribution in [0.2, 0.25) is 0 Å². The van der Waals surface area contributed by atoms with Gasteiger partial charge in [-0.05, 0) is 50.6 Å². The van der Waals surface area contributed by atoms with Gasteiger partial charge < -0.3 is 15.0 Å². The van der Waals surface area contributed by atoms with E-state index in [0.717, 1.165) is 31.7 Å². The van der Waals surface area contributed by atoms with E-state index < -0.39 is 0 Å². The molecule has 2 fully saturated rings. The van der Waals surface area contributed by atoms with Crippen LogP contribution in [0.3, 0.4) is 0 Å². The predicted molar refractivity (Wildman–Crippen MR) is 75.8 cm³/mol. The molecule has 1 aliphatic heterocycles. The molecule has 0 aromatic carbocycles. The summed E-state index contributed by atoms with van der Waals surface area (Å²) in [5, 5.41) is 3.67. The fourth-order valence-electron chi connectivity index (χ4n) is 2.65. The monoisotopic (exact) mass is 254 g/mol. The third-order valence-electron chi connectivity index (χ3n) is 3.88. The summed E-state index contributed by atoms with van der Waals surface area (Å²) in [7, 11) is 0. The lowest BCUT2D eigenvalue weighted by Crippen LogP contribution is -2.41. The summed E-state index contributed by atoms with van der Waals surface area (Å²) < 4.78 is 5.68. The van der Waals surface area contributed by atoms with Crippen LogP contribution < -0.4 is 5.32 Å². The molecule has 3 nitrogen and oxygen atoms in total. The zero-order valence-electron chi connectivity index (χ0n) is 12.2. The fourth-order valence-corrected chi connectivity index (χ4v) is 2.65. The van der Waals surface area contributed by atoms with Crippen molar-refractivity contribution in [3.63, 3.8) is 0 Å². The van der Waals surface area contributed by atoms with Gasteiger partial charge in [0.2, 0.25) is 0 Å². The second kappa shape index (κ2) is 7.46. The highest BCUT2D eigenvalue weighted by Gasteiger charge is 2.24. The summed E-state index contributed by atoms with van der Waals surface area (Å²) in [4.78, 5) is 2.59. The van der Waals surface area contributed by atoms with Crippen LogP contribution in [-0.4, -0.2) is 50.3 Å². The number of hydrogen-bond acceptors (Lipinski definition) is 3. The number of nitrogens with zero attached hydrogens (tertiary/aromatic N) is 1. The molecule has 0 bridgehead atoms. The van der Waals surface area contributed by atoms with Gasteiger partial charge in [-0.3, -0.25) is 0 Å². The van der Waals surface area contributed by atoms with Gasteiger partial charge in [-0.2, -0.15) is 0 Å². The first kappa shape index (κ1) is 14.3. The van der Waals surface area contributed by atoms with Crippen LogP contribution in [0.15, 0.2) is 0 Å². The van der Waals surface area contributed by atoms with Crippen molar-refractivity contribution in [3.05, 3.63) is 0 Å². The third-order valence-corrected chi connectivity index (χ3v) is 3.88. The smallest absolute Gasteiger partial charge is 0.0593 e. The lowest BCUT2D eigenvalue weighted by Gasteiger charge is -2.32. The maximum atomic E-state index is 5.68. The average Bonchev–Trinajstić information content (AvgIpc) is 3.17. The molecule has 1 heterocycles. The van der Waals surface area contributed by atoms with Crippen molar-refractivity contribution in [2.45, 2.75) is 45.6 Å². The zero-order chi connectivity index (χ0) is 12.8.